The Morgan fingerprint density at radius 3 is 2.62 bits per heavy atom. The highest BCUT2D eigenvalue weighted by Crippen LogP contribution is 2.25. The summed E-state index contributed by atoms with van der Waals surface area (Å²) < 4.78 is 21.2. The number of hydrogen-bond acceptors (Lipinski definition) is 7. The Bertz CT molecular complexity index is 1510. The van der Waals surface area contributed by atoms with Crippen molar-refractivity contribution in [1.29, 1.82) is 0 Å². The molecule has 2 aromatic carbocycles. The summed E-state index contributed by atoms with van der Waals surface area (Å²) in [6.07, 6.45) is 1.96. The maximum atomic E-state index is 13.4. The lowest BCUT2D eigenvalue weighted by Gasteiger charge is -2.17. The maximum absolute atomic E-state index is 13.4. The number of halogens is 2. The van der Waals surface area contributed by atoms with Crippen molar-refractivity contribution >= 4 is 35.1 Å². The predicted octanol–water partition coefficient (Wildman–Crippen LogP) is 4.02. The number of benzene rings is 2. The zero-order valence-electron chi connectivity index (χ0n) is 19.8. The summed E-state index contributed by atoms with van der Waals surface area (Å²) >= 11 is 5.96. The van der Waals surface area contributed by atoms with Crippen LogP contribution in [0.1, 0.15) is 30.4 Å². The highest BCUT2D eigenvalue weighted by Gasteiger charge is 2.16. The van der Waals surface area contributed by atoms with Crippen LogP contribution in [0.4, 0.5) is 16.0 Å². The summed E-state index contributed by atoms with van der Waals surface area (Å²) in [7, 11) is 0. The third kappa shape index (κ3) is 6.50. The second-order valence-electron chi connectivity index (χ2n) is 8.29. The summed E-state index contributed by atoms with van der Waals surface area (Å²) in [5.41, 5.74) is 0.350. The van der Waals surface area contributed by atoms with Gasteiger partial charge in [-0.2, -0.15) is 14.4 Å². The van der Waals surface area contributed by atoms with Crippen LogP contribution in [0.5, 0.6) is 5.75 Å². The molecule has 192 valence electrons. The lowest BCUT2D eigenvalue weighted by molar-refractivity contribution is -0.137. The number of aryl methyl sites for hydroxylation is 1. The van der Waals surface area contributed by atoms with Crippen molar-refractivity contribution in [2.45, 2.75) is 39.3 Å². The Morgan fingerprint density at radius 2 is 1.95 bits per heavy atom. The van der Waals surface area contributed by atoms with Gasteiger partial charge in [0.2, 0.25) is 11.9 Å². The number of aromatic nitrogens is 3. The van der Waals surface area contributed by atoms with Crippen LogP contribution in [-0.4, -0.2) is 31.1 Å². The van der Waals surface area contributed by atoms with Crippen molar-refractivity contribution < 1.29 is 19.0 Å². The fourth-order valence-corrected chi connectivity index (χ4v) is 3.77. The van der Waals surface area contributed by atoms with Crippen molar-refractivity contribution in [2.75, 3.05) is 5.32 Å². The molecule has 2 N–H and O–H groups in total. The maximum Gasteiger partial charge on any atom is 0.354 e. The van der Waals surface area contributed by atoms with Gasteiger partial charge in [0.05, 0.1) is 13.0 Å². The van der Waals surface area contributed by atoms with Crippen molar-refractivity contribution in [3.8, 4) is 5.75 Å². The molecule has 2 heterocycles. The van der Waals surface area contributed by atoms with Crippen molar-refractivity contribution in [3.63, 3.8) is 0 Å². The molecule has 0 spiro atoms. The summed E-state index contributed by atoms with van der Waals surface area (Å²) in [6.45, 7) is 1.53. The summed E-state index contributed by atoms with van der Waals surface area (Å²) in [5, 5.41) is 12.5. The number of carboxylic acids is 1. The van der Waals surface area contributed by atoms with Crippen LogP contribution in [0, 0.1) is 6.92 Å². The third-order valence-electron chi connectivity index (χ3n) is 5.51. The number of rotatable bonds is 8. The molecule has 0 saturated heterocycles. The number of aliphatic carboxylic acids is 1. The highest BCUT2D eigenvalue weighted by atomic mass is 35.5. The standard InChI is InChI=1S/C25H23ClFN5O5/c1-15-13-18(9-10-19(15)37-21-4-2-3-20(27)29-21)28-23-30-24(35)31(12-11-22(33)34)25(36)32(23)14-16-5-7-17(26)8-6-16/h3,5-10,13H,2,4,11-12,14H2,1H3,(H,33,34)(H,28,30,35). The highest BCUT2D eigenvalue weighted by molar-refractivity contribution is 6.30. The average molecular weight is 528 g/mol. The van der Waals surface area contributed by atoms with Crippen LogP contribution >= 0.6 is 11.6 Å². The zero-order valence-corrected chi connectivity index (χ0v) is 20.5. The number of carbonyl (C=O) groups is 1. The van der Waals surface area contributed by atoms with Gasteiger partial charge in [-0.15, -0.1) is 0 Å². The number of ether oxygens (including phenoxy) is 1. The minimum Gasteiger partial charge on any atom is -0.481 e. The van der Waals surface area contributed by atoms with Crippen LogP contribution in [0.15, 0.2) is 69.1 Å². The van der Waals surface area contributed by atoms with Gasteiger partial charge in [-0.1, -0.05) is 23.7 Å². The number of anilines is 2. The lowest BCUT2D eigenvalue weighted by Crippen LogP contribution is -2.43. The Morgan fingerprint density at radius 1 is 1.19 bits per heavy atom. The van der Waals surface area contributed by atoms with Gasteiger partial charge in [-0.3, -0.25) is 9.36 Å². The summed E-state index contributed by atoms with van der Waals surface area (Å²) in [5.74, 6) is -0.996. The molecule has 0 fully saturated rings. The number of carboxylic acid groups (broad SMARTS) is 1. The molecule has 4 rings (SSSR count). The van der Waals surface area contributed by atoms with Crippen LogP contribution in [0.2, 0.25) is 5.02 Å². The van der Waals surface area contributed by atoms with Crippen molar-refractivity contribution in [1.82, 2.24) is 14.1 Å². The molecule has 1 aliphatic heterocycles. The molecule has 12 heteroatoms. The Labute approximate surface area is 215 Å². The molecule has 0 bridgehead atoms. The molecule has 0 atom stereocenters. The molecule has 1 aromatic heterocycles. The summed E-state index contributed by atoms with van der Waals surface area (Å²) in [4.78, 5) is 44.6. The van der Waals surface area contributed by atoms with E-state index in [0.717, 1.165) is 4.57 Å². The third-order valence-corrected chi connectivity index (χ3v) is 5.77. The van der Waals surface area contributed by atoms with Crippen LogP contribution < -0.4 is 21.4 Å². The van der Waals surface area contributed by atoms with E-state index in [1.165, 1.54) is 10.6 Å². The minimum atomic E-state index is -1.14. The monoisotopic (exact) mass is 527 g/mol. The largest absolute Gasteiger partial charge is 0.481 e. The van der Waals surface area contributed by atoms with E-state index in [1.807, 2.05) is 0 Å². The van der Waals surface area contributed by atoms with E-state index < -0.39 is 29.7 Å². The number of allylic oxidation sites excluding steroid dienone is 1. The molecule has 3 aromatic rings. The fraction of sp³-hybridized carbons (Fsp3) is 0.240. The van der Waals surface area contributed by atoms with E-state index in [4.69, 9.17) is 21.4 Å². The molecule has 0 saturated carbocycles. The smallest absolute Gasteiger partial charge is 0.354 e. The molecule has 0 unspecified atom stereocenters. The van der Waals surface area contributed by atoms with Crippen LogP contribution in [0.3, 0.4) is 0 Å². The molecule has 37 heavy (non-hydrogen) atoms. The van der Waals surface area contributed by atoms with Crippen LogP contribution in [0.25, 0.3) is 0 Å². The SMILES string of the molecule is Cc1cc(Nc2nc(=O)n(CCC(=O)O)c(=O)n2Cc2ccc(Cl)cc2)ccc1OC1=NC(F)=CCC1. The van der Waals surface area contributed by atoms with Gasteiger partial charge in [0.15, 0.2) is 5.90 Å². The van der Waals surface area contributed by atoms with E-state index in [-0.39, 0.29) is 24.9 Å². The first kappa shape index (κ1) is 25.8. The minimum absolute atomic E-state index is 0.0199. The van der Waals surface area contributed by atoms with Crippen LogP contribution in [-0.2, 0) is 17.9 Å². The molecule has 0 radical (unpaired) electrons. The number of nitrogens with zero attached hydrogens (tertiary/aromatic N) is 4. The van der Waals surface area contributed by atoms with E-state index in [1.54, 1.807) is 49.4 Å². The Balaban J connectivity index is 1.66. The fourth-order valence-electron chi connectivity index (χ4n) is 3.65. The Kier molecular flexibility index (Phi) is 7.83. The van der Waals surface area contributed by atoms with E-state index in [9.17, 15) is 18.8 Å². The van der Waals surface area contributed by atoms with Gasteiger partial charge < -0.3 is 15.2 Å². The van der Waals surface area contributed by atoms with Gasteiger partial charge in [0, 0.05) is 23.7 Å². The molecular formula is C25H23ClFN5O5. The zero-order chi connectivity index (χ0) is 26.5. The van der Waals surface area contributed by atoms with Gasteiger partial charge in [-0.25, -0.2) is 14.2 Å². The first-order valence-electron chi connectivity index (χ1n) is 11.4. The first-order chi connectivity index (χ1) is 17.7. The number of hydrogen-bond donors (Lipinski definition) is 2. The van der Waals surface area contributed by atoms with Gasteiger partial charge in [0.1, 0.15) is 5.75 Å². The molecule has 0 amide bonds. The van der Waals surface area contributed by atoms with E-state index in [0.29, 0.717) is 40.4 Å². The topological polar surface area (TPSA) is 128 Å². The second-order valence-corrected chi connectivity index (χ2v) is 8.72. The molecule has 1 aliphatic rings. The number of aliphatic imine (C=N–C) groups is 1. The van der Waals surface area contributed by atoms with Gasteiger partial charge in [-0.05, 0) is 60.9 Å². The first-order valence-corrected chi connectivity index (χ1v) is 11.7. The second kappa shape index (κ2) is 11.2. The Hall–Kier alpha value is -4.25. The molecule has 10 nitrogen and oxygen atoms in total. The predicted molar refractivity (Wildman–Crippen MR) is 137 cm³/mol. The van der Waals surface area contributed by atoms with Gasteiger partial charge in [0.25, 0.3) is 0 Å². The quantitative estimate of drug-likeness (QED) is 0.423. The average Bonchev–Trinajstić information content (AvgIpc) is 2.84. The number of nitrogens with one attached hydrogen (secondary N) is 1. The molecular weight excluding hydrogens is 505 g/mol. The molecule has 0 aliphatic carbocycles. The van der Waals surface area contributed by atoms with Crippen molar-refractivity contribution in [3.05, 3.63) is 91.6 Å². The van der Waals surface area contributed by atoms with Crippen molar-refractivity contribution in [2.24, 2.45) is 4.99 Å². The van der Waals surface area contributed by atoms with Gasteiger partial charge >= 0.3 is 17.3 Å². The lowest BCUT2D eigenvalue weighted by atomic mass is 10.2. The normalized spacial score (nSPS) is 13.1. The van der Waals surface area contributed by atoms with E-state index in [2.05, 4.69) is 15.3 Å². The van der Waals surface area contributed by atoms with E-state index >= 15 is 0 Å². The summed E-state index contributed by atoms with van der Waals surface area (Å²) in [6, 6.07) is 11.8.